The number of hydrogen-bond acceptors (Lipinski definition) is 1. The molecular weight excluding hydrogens is 164 g/mol. The summed E-state index contributed by atoms with van der Waals surface area (Å²) in [5.41, 5.74) is 0. The van der Waals surface area contributed by atoms with Crippen LogP contribution in [-0.2, 0) is 4.74 Å². The minimum atomic E-state index is -0.927. The van der Waals surface area contributed by atoms with Crippen LogP contribution in [-0.4, -0.2) is 14.7 Å². The SMILES string of the molecule is C=COCC[Si](CC)(CC)CC. The van der Waals surface area contributed by atoms with E-state index in [1.165, 1.54) is 24.2 Å². The van der Waals surface area contributed by atoms with Crippen molar-refractivity contribution in [2.45, 2.75) is 44.9 Å². The Hall–Kier alpha value is -0.243. The fraction of sp³-hybridized carbons (Fsp3) is 0.800. The fourth-order valence-electron chi connectivity index (χ4n) is 1.64. The second kappa shape index (κ2) is 6.29. The lowest BCUT2D eigenvalue weighted by Gasteiger charge is -2.27. The highest BCUT2D eigenvalue weighted by Crippen LogP contribution is 2.24. The van der Waals surface area contributed by atoms with Crippen molar-refractivity contribution < 1.29 is 4.74 Å². The van der Waals surface area contributed by atoms with E-state index >= 15 is 0 Å². The molecule has 0 aromatic heterocycles. The molecule has 0 aliphatic rings. The van der Waals surface area contributed by atoms with E-state index in [1.54, 1.807) is 6.26 Å². The van der Waals surface area contributed by atoms with Crippen molar-refractivity contribution in [2.75, 3.05) is 6.61 Å². The summed E-state index contributed by atoms with van der Waals surface area (Å²) in [5, 5.41) is 0. The van der Waals surface area contributed by atoms with Gasteiger partial charge in [-0.15, -0.1) is 0 Å². The summed E-state index contributed by atoms with van der Waals surface area (Å²) in [6.07, 6.45) is 1.56. The minimum absolute atomic E-state index is 0.880. The molecule has 1 nitrogen and oxygen atoms in total. The van der Waals surface area contributed by atoms with Gasteiger partial charge in [0.2, 0.25) is 0 Å². The lowest BCUT2D eigenvalue weighted by molar-refractivity contribution is 0.268. The van der Waals surface area contributed by atoms with Crippen molar-refractivity contribution in [1.82, 2.24) is 0 Å². The second-order valence-corrected chi connectivity index (χ2v) is 8.97. The highest BCUT2D eigenvalue weighted by molar-refractivity contribution is 6.79. The highest BCUT2D eigenvalue weighted by Gasteiger charge is 2.25. The van der Waals surface area contributed by atoms with Gasteiger partial charge in [0.1, 0.15) is 0 Å². The zero-order valence-electron chi connectivity index (χ0n) is 8.73. The molecule has 72 valence electrons. The molecule has 0 amide bonds. The van der Waals surface area contributed by atoms with Gasteiger partial charge in [-0.25, -0.2) is 0 Å². The Morgan fingerprint density at radius 1 is 1.17 bits per heavy atom. The number of hydrogen-bond donors (Lipinski definition) is 0. The Labute approximate surface area is 77.8 Å². The van der Waals surface area contributed by atoms with Crippen LogP contribution in [0.25, 0.3) is 0 Å². The van der Waals surface area contributed by atoms with Crippen molar-refractivity contribution in [3.63, 3.8) is 0 Å². The van der Waals surface area contributed by atoms with Crippen LogP contribution in [0.2, 0.25) is 24.2 Å². The number of rotatable bonds is 7. The molecule has 0 aromatic carbocycles. The van der Waals surface area contributed by atoms with E-state index in [0.717, 1.165) is 6.61 Å². The summed E-state index contributed by atoms with van der Waals surface area (Å²) in [5.74, 6) is 0. The van der Waals surface area contributed by atoms with Gasteiger partial charge >= 0.3 is 0 Å². The van der Waals surface area contributed by atoms with Gasteiger partial charge in [-0.3, -0.25) is 0 Å². The summed E-state index contributed by atoms with van der Waals surface area (Å²) >= 11 is 0. The fourth-order valence-corrected chi connectivity index (χ4v) is 4.75. The van der Waals surface area contributed by atoms with Crippen molar-refractivity contribution in [3.05, 3.63) is 12.8 Å². The molecule has 0 aromatic rings. The summed E-state index contributed by atoms with van der Waals surface area (Å²) in [4.78, 5) is 0. The molecule has 0 aliphatic carbocycles. The zero-order chi connectivity index (χ0) is 9.45. The van der Waals surface area contributed by atoms with E-state index in [0.29, 0.717) is 0 Å². The summed E-state index contributed by atoms with van der Waals surface area (Å²) < 4.78 is 5.19. The maximum absolute atomic E-state index is 5.19. The first-order chi connectivity index (χ1) is 5.74. The Balaban J connectivity index is 3.84. The van der Waals surface area contributed by atoms with E-state index in [4.69, 9.17) is 4.74 Å². The molecule has 0 saturated heterocycles. The van der Waals surface area contributed by atoms with Gasteiger partial charge in [0, 0.05) is 0 Å². The van der Waals surface area contributed by atoms with Gasteiger partial charge in [0.25, 0.3) is 0 Å². The third kappa shape index (κ3) is 3.44. The minimum Gasteiger partial charge on any atom is -0.502 e. The summed E-state index contributed by atoms with van der Waals surface area (Å²) in [7, 11) is -0.927. The van der Waals surface area contributed by atoms with Crippen molar-refractivity contribution in [3.8, 4) is 0 Å². The lowest BCUT2D eigenvalue weighted by atomic mass is 10.8. The Bertz CT molecular complexity index is 111. The quantitative estimate of drug-likeness (QED) is 0.335. The molecule has 12 heavy (non-hydrogen) atoms. The van der Waals surface area contributed by atoms with Crippen LogP contribution in [0.1, 0.15) is 20.8 Å². The maximum Gasteiger partial charge on any atom is 0.0849 e. The standard InChI is InChI=1S/C10H22OSi/c1-5-11-9-10-12(6-2,7-3)8-4/h5H,1,6-10H2,2-4H3. The van der Waals surface area contributed by atoms with Crippen LogP contribution in [0.15, 0.2) is 12.8 Å². The molecule has 0 spiro atoms. The molecule has 0 saturated carbocycles. The van der Waals surface area contributed by atoms with Gasteiger partial charge in [0.15, 0.2) is 0 Å². The Morgan fingerprint density at radius 3 is 2.00 bits per heavy atom. The smallest absolute Gasteiger partial charge is 0.0849 e. The average molecular weight is 186 g/mol. The molecule has 0 bridgehead atoms. The van der Waals surface area contributed by atoms with Gasteiger partial charge in [-0.2, -0.15) is 0 Å². The van der Waals surface area contributed by atoms with Gasteiger partial charge < -0.3 is 4.74 Å². The van der Waals surface area contributed by atoms with Gasteiger partial charge in [-0.05, 0) is 6.04 Å². The van der Waals surface area contributed by atoms with Crippen LogP contribution in [0.3, 0.4) is 0 Å². The first kappa shape index (κ1) is 11.8. The molecule has 0 N–H and O–H groups in total. The molecule has 0 unspecified atom stereocenters. The first-order valence-electron chi connectivity index (χ1n) is 4.97. The largest absolute Gasteiger partial charge is 0.502 e. The van der Waals surface area contributed by atoms with Crippen LogP contribution in [0.5, 0.6) is 0 Å². The van der Waals surface area contributed by atoms with Crippen LogP contribution in [0.4, 0.5) is 0 Å². The molecule has 2 heteroatoms. The molecule has 0 fully saturated rings. The van der Waals surface area contributed by atoms with Crippen molar-refractivity contribution in [2.24, 2.45) is 0 Å². The predicted molar refractivity (Wildman–Crippen MR) is 58.2 cm³/mol. The highest BCUT2D eigenvalue weighted by atomic mass is 28.3. The first-order valence-corrected chi connectivity index (χ1v) is 7.80. The molecule has 0 radical (unpaired) electrons. The number of ether oxygens (including phenoxy) is 1. The molecule has 0 aliphatic heterocycles. The molecule has 0 atom stereocenters. The Morgan fingerprint density at radius 2 is 1.67 bits per heavy atom. The van der Waals surface area contributed by atoms with Crippen LogP contribution >= 0.6 is 0 Å². The third-order valence-corrected chi connectivity index (χ3v) is 8.88. The van der Waals surface area contributed by atoms with Crippen molar-refractivity contribution >= 4 is 8.07 Å². The third-order valence-electron chi connectivity index (χ3n) is 3.12. The molecule has 0 heterocycles. The maximum atomic E-state index is 5.19. The Kier molecular flexibility index (Phi) is 6.16. The monoisotopic (exact) mass is 186 g/mol. The van der Waals surface area contributed by atoms with Crippen molar-refractivity contribution in [1.29, 1.82) is 0 Å². The predicted octanol–water partition coefficient (Wildman–Crippen LogP) is 3.66. The van der Waals surface area contributed by atoms with Crippen LogP contribution < -0.4 is 0 Å². The van der Waals surface area contributed by atoms with Crippen LogP contribution in [0, 0.1) is 0 Å². The molecule has 0 rings (SSSR count). The average Bonchev–Trinajstić information content (AvgIpc) is 2.14. The van der Waals surface area contributed by atoms with E-state index in [9.17, 15) is 0 Å². The zero-order valence-corrected chi connectivity index (χ0v) is 9.73. The normalized spacial score (nSPS) is 11.2. The second-order valence-electron chi connectivity index (χ2n) is 3.35. The lowest BCUT2D eigenvalue weighted by Crippen LogP contribution is -2.32. The van der Waals surface area contributed by atoms with E-state index in [-0.39, 0.29) is 0 Å². The van der Waals surface area contributed by atoms with Gasteiger partial charge in [-0.1, -0.05) is 45.5 Å². The molecular formula is C10H22OSi. The topological polar surface area (TPSA) is 9.23 Å². The van der Waals surface area contributed by atoms with E-state index in [2.05, 4.69) is 27.4 Å². The summed E-state index contributed by atoms with van der Waals surface area (Å²) in [6.45, 7) is 11.4. The van der Waals surface area contributed by atoms with Gasteiger partial charge in [0.05, 0.1) is 20.9 Å². The van der Waals surface area contributed by atoms with E-state index < -0.39 is 8.07 Å². The summed E-state index contributed by atoms with van der Waals surface area (Å²) in [6, 6.07) is 5.46. The van der Waals surface area contributed by atoms with E-state index in [1.807, 2.05) is 0 Å².